The van der Waals surface area contributed by atoms with E-state index in [1.54, 1.807) is 0 Å². The molecule has 7 heteroatoms. The van der Waals surface area contributed by atoms with Gasteiger partial charge in [0, 0.05) is 0 Å². The standard InChI is InChI=1S/C12H8F4N2O/c13-5-1-3-7(17)11(9(5)15)19-12-8(18)4-2-6(14)10(12)16/h1-4H,17-18H2. The summed E-state index contributed by atoms with van der Waals surface area (Å²) in [5.74, 6) is -6.81. The minimum Gasteiger partial charge on any atom is -0.447 e. The monoisotopic (exact) mass is 272 g/mol. The molecule has 2 aromatic rings. The Morgan fingerprint density at radius 2 is 1.05 bits per heavy atom. The summed E-state index contributed by atoms with van der Waals surface area (Å²) in [7, 11) is 0. The summed E-state index contributed by atoms with van der Waals surface area (Å²) in [6, 6.07) is 3.62. The average Bonchev–Trinajstić information content (AvgIpc) is 2.38. The van der Waals surface area contributed by atoms with Gasteiger partial charge in [0.25, 0.3) is 0 Å². The highest BCUT2D eigenvalue weighted by Gasteiger charge is 2.19. The number of halogens is 4. The molecule has 2 rings (SSSR count). The lowest BCUT2D eigenvalue weighted by Crippen LogP contribution is -2.02. The Kier molecular flexibility index (Phi) is 3.20. The molecule has 0 heterocycles. The van der Waals surface area contributed by atoms with Crippen LogP contribution in [0.3, 0.4) is 0 Å². The second kappa shape index (κ2) is 4.68. The van der Waals surface area contributed by atoms with Gasteiger partial charge in [0.05, 0.1) is 11.4 Å². The van der Waals surface area contributed by atoms with E-state index in [1.165, 1.54) is 0 Å². The fraction of sp³-hybridized carbons (Fsp3) is 0. The molecule has 0 saturated carbocycles. The summed E-state index contributed by atoms with van der Waals surface area (Å²) in [6.07, 6.45) is 0. The Hall–Kier alpha value is -2.44. The molecule has 0 atom stereocenters. The molecule has 19 heavy (non-hydrogen) atoms. The predicted molar refractivity (Wildman–Crippen MR) is 61.6 cm³/mol. The highest BCUT2D eigenvalue weighted by Crippen LogP contribution is 2.36. The van der Waals surface area contributed by atoms with Crippen molar-refractivity contribution in [3.63, 3.8) is 0 Å². The van der Waals surface area contributed by atoms with Crippen LogP contribution in [-0.4, -0.2) is 0 Å². The quantitative estimate of drug-likeness (QED) is 0.652. The fourth-order valence-corrected chi connectivity index (χ4v) is 1.40. The van der Waals surface area contributed by atoms with Crippen LogP contribution in [0.5, 0.6) is 11.5 Å². The van der Waals surface area contributed by atoms with Gasteiger partial charge in [0.15, 0.2) is 23.1 Å². The zero-order chi connectivity index (χ0) is 14.2. The van der Waals surface area contributed by atoms with Crippen molar-refractivity contribution >= 4 is 11.4 Å². The average molecular weight is 272 g/mol. The molecule has 0 aliphatic rings. The zero-order valence-corrected chi connectivity index (χ0v) is 9.38. The van der Waals surface area contributed by atoms with Gasteiger partial charge in [-0.2, -0.15) is 8.78 Å². The molecule has 4 N–H and O–H groups in total. The second-order valence-electron chi connectivity index (χ2n) is 3.66. The summed E-state index contributed by atoms with van der Waals surface area (Å²) < 4.78 is 57.8. The number of nitrogen functional groups attached to an aromatic ring is 2. The highest BCUT2D eigenvalue weighted by atomic mass is 19.2. The summed E-state index contributed by atoms with van der Waals surface area (Å²) in [4.78, 5) is 0. The molecule has 0 aliphatic heterocycles. The lowest BCUT2D eigenvalue weighted by Gasteiger charge is -2.12. The van der Waals surface area contributed by atoms with Crippen LogP contribution in [0.4, 0.5) is 28.9 Å². The number of rotatable bonds is 2. The Morgan fingerprint density at radius 1 is 0.684 bits per heavy atom. The van der Waals surface area contributed by atoms with E-state index < -0.39 is 34.8 Å². The van der Waals surface area contributed by atoms with Crippen molar-refractivity contribution in [3.8, 4) is 11.5 Å². The van der Waals surface area contributed by atoms with Crippen LogP contribution in [0.25, 0.3) is 0 Å². The van der Waals surface area contributed by atoms with Crippen LogP contribution in [0, 0.1) is 23.3 Å². The molecule has 2 aromatic carbocycles. The molecule has 0 fully saturated rings. The molecule has 0 unspecified atom stereocenters. The number of hydrogen-bond donors (Lipinski definition) is 2. The third-order valence-corrected chi connectivity index (χ3v) is 2.37. The zero-order valence-electron chi connectivity index (χ0n) is 9.38. The molecule has 0 aliphatic carbocycles. The van der Waals surface area contributed by atoms with Gasteiger partial charge in [-0.3, -0.25) is 0 Å². The first-order valence-corrected chi connectivity index (χ1v) is 5.06. The van der Waals surface area contributed by atoms with E-state index in [9.17, 15) is 17.6 Å². The van der Waals surface area contributed by atoms with Crippen LogP contribution in [0.1, 0.15) is 0 Å². The largest absolute Gasteiger partial charge is 0.447 e. The lowest BCUT2D eigenvalue weighted by atomic mass is 10.2. The van der Waals surface area contributed by atoms with Gasteiger partial charge in [0.1, 0.15) is 0 Å². The molecule has 3 nitrogen and oxygen atoms in total. The van der Waals surface area contributed by atoms with E-state index in [0.29, 0.717) is 0 Å². The van der Waals surface area contributed by atoms with Gasteiger partial charge in [-0.05, 0) is 24.3 Å². The Labute approximate surface area is 105 Å². The minimum absolute atomic E-state index is 0.276. The first-order valence-electron chi connectivity index (χ1n) is 5.06. The molecule has 0 aromatic heterocycles. The molecular formula is C12H8F4N2O. The predicted octanol–water partition coefficient (Wildman–Crippen LogP) is 3.20. The lowest BCUT2D eigenvalue weighted by molar-refractivity contribution is 0.388. The number of nitrogens with two attached hydrogens (primary N) is 2. The minimum atomic E-state index is -1.41. The Morgan fingerprint density at radius 3 is 1.42 bits per heavy atom. The fourth-order valence-electron chi connectivity index (χ4n) is 1.40. The SMILES string of the molecule is Nc1ccc(F)c(F)c1Oc1c(N)ccc(F)c1F. The molecule has 0 amide bonds. The highest BCUT2D eigenvalue weighted by molar-refractivity contribution is 5.59. The molecule has 100 valence electrons. The maximum absolute atomic E-state index is 13.5. The third-order valence-electron chi connectivity index (χ3n) is 2.37. The molecule has 0 radical (unpaired) electrons. The third kappa shape index (κ3) is 2.26. The van der Waals surface area contributed by atoms with Crippen molar-refractivity contribution in [3.05, 3.63) is 47.5 Å². The molecule has 0 bridgehead atoms. The normalized spacial score (nSPS) is 10.5. The van der Waals surface area contributed by atoms with Crippen molar-refractivity contribution in [1.29, 1.82) is 0 Å². The van der Waals surface area contributed by atoms with Crippen LogP contribution in [-0.2, 0) is 0 Å². The van der Waals surface area contributed by atoms with Gasteiger partial charge >= 0.3 is 0 Å². The van der Waals surface area contributed by atoms with Crippen LogP contribution in [0.15, 0.2) is 24.3 Å². The first kappa shape index (κ1) is 13.0. The summed E-state index contributed by atoms with van der Waals surface area (Å²) >= 11 is 0. The summed E-state index contributed by atoms with van der Waals surface area (Å²) in [6.45, 7) is 0. The van der Waals surface area contributed by atoms with E-state index in [4.69, 9.17) is 16.2 Å². The van der Waals surface area contributed by atoms with Gasteiger partial charge < -0.3 is 16.2 Å². The number of ether oxygens (including phenoxy) is 1. The molecular weight excluding hydrogens is 264 g/mol. The van der Waals surface area contributed by atoms with Crippen molar-refractivity contribution in [2.45, 2.75) is 0 Å². The maximum Gasteiger partial charge on any atom is 0.203 e. The Balaban J connectivity index is 2.54. The molecule has 0 saturated heterocycles. The Bertz CT molecular complexity index is 591. The first-order chi connectivity index (χ1) is 8.91. The maximum atomic E-state index is 13.5. The summed E-state index contributed by atoms with van der Waals surface area (Å²) in [5, 5.41) is 0. The summed E-state index contributed by atoms with van der Waals surface area (Å²) in [5.41, 5.74) is 10.2. The van der Waals surface area contributed by atoms with Crippen molar-refractivity contribution in [1.82, 2.24) is 0 Å². The van der Waals surface area contributed by atoms with E-state index in [0.717, 1.165) is 24.3 Å². The van der Waals surface area contributed by atoms with E-state index in [-0.39, 0.29) is 11.4 Å². The smallest absolute Gasteiger partial charge is 0.203 e. The van der Waals surface area contributed by atoms with E-state index in [2.05, 4.69) is 0 Å². The van der Waals surface area contributed by atoms with Gasteiger partial charge in [0.2, 0.25) is 11.6 Å². The second-order valence-corrected chi connectivity index (χ2v) is 3.66. The number of hydrogen-bond acceptors (Lipinski definition) is 3. The van der Waals surface area contributed by atoms with Crippen LogP contribution < -0.4 is 16.2 Å². The van der Waals surface area contributed by atoms with Crippen LogP contribution >= 0.6 is 0 Å². The van der Waals surface area contributed by atoms with Crippen molar-refractivity contribution in [2.75, 3.05) is 11.5 Å². The topological polar surface area (TPSA) is 61.3 Å². The van der Waals surface area contributed by atoms with Crippen molar-refractivity contribution < 1.29 is 22.3 Å². The van der Waals surface area contributed by atoms with E-state index >= 15 is 0 Å². The van der Waals surface area contributed by atoms with Gasteiger partial charge in [-0.15, -0.1) is 0 Å². The number of benzene rings is 2. The van der Waals surface area contributed by atoms with E-state index in [1.807, 2.05) is 0 Å². The van der Waals surface area contributed by atoms with Gasteiger partial charge in [-0.1, -0.05) is 0 Å². The van der Waals surface area contributed by atoms with Crippen molar-refractivity contribution in [2.24, 2.45) is 0 Å². The number of anilines is 2. The van der Waals surface area contributed by atoms with Gasteiger partial charge in [-0.25, -0.2) is 8.78 Å². The van der Waals surface area contributed by atoms with Crippen LogP contribution in [0.2, 0.25) is 0 Å². The molecule has 0 spiro atoms.